The number of hydrogen-bond acceptors (Lipinski definition) is 7. The Bertz CT molecular complexity index is 1440. The Morgan fingerprint density at radius 2 is 1.81 bits per heavy atom. The van der Waals surface area contributed by atoms with Crippen LogP contribution in [0.25, 0.3) is 11.0 Å². The molecule has 186 valence electrons. The van der Waals surface area contributed by atoms with Crippen LogP contribution < -0.4 is 15.1 Å². The summed E-state index contributed by atoms with van der Waals surface area (Å²) in [6, 6.07) is 13.9. The van der Waals surface area contributed by atoms with Crippen LogP contribution in [0.3, 0.4) is 0 Å². The Morgan fingerprint density at radius 3 is 2.53 bits per heavy atom. The molecule has 1 amide bonds. The van der Waals surface area contributed by atoms with E-state index in [1.54, 1.807) is 29.2 Å². The van der Waals surface area contributed by atoms with Crippen LogP contribution in [0.5, 0.6) is 5.75 Å². The fourth-order valence-electron chi connectivity index (χ4n) is 4.45. The molecule has 5 rings (SSSR count). The number of anilines is 1. The predicted octanol–water partition coefficient (Wildman–Crippen LogP) is 6.48. The second-order valence-electron chi connectivity index (χ2n) is 9.30. The van der Waals surface area contributed by atoms with Crippen molar-refractivity contribution in [2.24, 2.45) is 0 Å². The first kappa shape index (κ1) is 24.2. The van der Waals surface area contributed by atoms with Gasteiger partial charge in [-0.15, -0.1) is 10.2 Å². The molecule has 0 saturated heterocycles. The molecule has 0 radical (unpaired) electrons. The van der Waals surface area contributed by atoms with Crippen LogP contribution in [-0.2, 0) is 0 Å². The third kappa shape index (κ3) is 4.41. The van der Waals surface area contributed by atoms with Gasteiger partial charge in [-0.05, 0) is 36.2 Å². The molecule has 0 bridgehead atoms. The standard InChI is InChI=1S/C28H29N3O4S/c1-4-5-6-9-16-34-19-14-12-18(13-15-19)23-22-24(32)20-10-7-8-11-21(20)35-25(22)27(33)31(23)28-30-29-26(36-28)17(2)3/h7-8,10-15,17,23H,4-6,9,16H2,1-3H3/t23-/m1/s1. The highest BCUT2D eigenvalue weighted by Gasteiger charge is 2.45. The van der Waals surface area contributed by atoms with Crippen molar-refractivity contribution in [2.75, 3.05) is 11.5 Å². The molecule has 1 aliphatic rings. The molecule has 0 spiro atoms. The Morgan fingerprint density at radius 1 is 1.03 bits per heavy atom. The second kappa shape index (κ2) is 10.2. The molecule has 4 aromatic rings. The second-order valence-corrected chi connectivity index (χ2v) is 10.3. The summed E-state index contributed by atoms with van der Waals surface area (Å²) in [6.45, 7) is 6.90. The van der Waals surface area contributed by atoms with Crippen LogP contribution >= 0.6 is 11.3 Å². The molecule has 3 heterocycles. The van der Waals surface area contributed by atoms with E-state index in [0.29, 0.717) is 28.3 Å². The summed E-state index contributed by atoms with van der Waals surface area (Å²) in [5.74, 6) is 0.600. The zero-order valence-electron chi connectivity index (χ0n) is 20.7. The van der Waals surface area contributed by atoms with E-state index in [2.05, 4.69) is 17.1 Å². The van der Waals surface area contributed by atoms with E-state index in [1.807, 2.05) is 38.1 Å². The number of para-hydroxylation sites is 1. The molecule has 0 unspecified atom stereocenters. The monoisotopic (exact) mass is 503 g/mol. The quantitative estimate of drug-likeness (QED) is 0.243. The van der Waals surface area contributed by atoms with Gasteiger partial charge in [0.05, 0.1) is 23.6 Å². The van der Waals surface area contributed by atoms with Crippen molar-refractivity contribution in [2.45, 2.75) is 58.4 Å². The molecular formula is C28H29N3O4S. The molecule has 0 fully saturated rings. The molecule has 1 aliphatic heterocycles. The Balaban J connectivity index is 1.55. The normalized spacial score (nSPS) is 15.2. The lowest BCUT2D eigenvalue weighted by Crippen LogP contribution is -2.29. The number of carbonyl (C=O) groups excluding carboxylic acids is 1. The van der Waals surface area contributed by atoms with E-state index in [0.717, 1.165) is 29.2 Å². The van der Waals surface area contributed by atoms with Crippen molar-refractivity contribution >= 4 is 33.3 Å². The van der Waals surface area contributed by atoms with Gasteiger partial charge in [0.15, 0.2) is 5.43 Å². The highest BCUT2D eigenvalue weighted by Crippen LogP contribution is 2.43. The average molecular weight is 504 g/mol. The Labute approximate surface area is 213 Å². The first-order valence-corrected chi connectivity index (χ1v) is 13.3. The first-order chi connectivity index (χ1) is 17.5. The Kier molecular flexibility index (Phi) is 6.87. The third-order valence-electron chi connectivity index (χ3n) is 6.37. The van der Waals surface area contributed by atoms with Crippen molar-refractivity contribution in [3.05, 3.63) is 80.6 Å². The van der Waals surface area contributed by atoms with E-state index >= 15 is 0 Å². The van der Waals surface area contributed by atoms with Gasteiger partial charge in [0, 0.05) is 5.92 Å². The Hall–Kier alpha value is -3.52. The third-order valence-corrected chi connectivity index (χ3v) is 7.59. The average Bonchev–Trinajstić information content (AvgIpc) is 3.48. The van der Waals surface area contributed by atoms with Gasteiger partial charge in [-0.2, -0.15) is 0 Å². The molecule has 0 N–H and O–H groups in total. The predicted molar refractivity (Wildman–Crippen MR) is 141 cm³/mol. The fraction of sp³-hybridized carbons (Fsp3) is 0.357. The number of rotatable bonds is 9. The summed E-state index contributed by atoms with van der Waals surface area (Å²) in [4.78, 5) is 28.8. The zero-order valence-corrected chi connectivity index (χ0v) is 21.5. The minimum atomic E-state index is -0.667. The van der Waals surface area contributed by atoms with Crippen LogP contribution in [0.2, 0.25) is 0 Å². The molecule has 7 nitrogen and oxygen atoms in total. The number of carbonyl (C=O) groups is 1. The molecule has 2 aromatic carbocycles. The zero-order chi connectivity index (χ0) is 25.2. The molecule has 0 aliphatic carbocycles. The first-order valence-electron chi connectivity index (χ1n) is 12.4. The minimum absolute atomic E-state index is 0.0567. The van der Waals surface area contributed by atoms with Crippen LogP contribution in [0, 0.1) is 0 Å². The van der Waals surface area contributed by atoms with Crippen LogP contribution in [0.15, 0.2) is 57.7 Å². The van der Waals surface area contributed by atoms with Gasteiger partial charge in [-0.3, -0.25) is 14.5 Å². The number of nitrogens with zero attached hydrogens (tertiary/aromatic N) is 3. The molecule has 36 heavy (non-hydrogen) atoms. The fourth-order valence-corrected chi connectivity index (χ4v) is 5.33. The molecule has 1 atom stereocenters. The van der Waals surface area contributed by atoms with Gasteiger partial charge in [0.25, 0.3) is 5.91 Å². The molecule has 2 aromatic heterocycles. The van der Waals surface area contributed by atoms with E-state index < -0.39 is 6.04 Å². The van der Waals surface area contributed by atoms with Gasteiger partial charge >= 0.3 is 0 Å². The van der Waals surface area contributed by atoms with Gasteiger partial charge in [-0.25, -0.2) is 0 Å². The van der Waals surface area contributed by atoms with Crippen molar-refractivity contribution in [1.82, 2.24) is 10.2 Å². The van der Waals surface area contributed by atoms with E-state index in [-0.39, 0.29) is 23.0 Å². The van der Waals surface area contributed by atoms with Gasteiger partial charge in [0.2, 0.25) is 10.9 Å². The lowest BCUT2D eigenvalue weighted by molar-refractivity contribution is 0.0970. The van der Waals surface area contributed by atoms with Crippen LogP contribution in [0.1, 0.15) is 85.1 Å². The van der Waals surface area contributed by atoms with Crippen LogP contribution in [0.4, 0.5) is 5.13 Å². The SMILES string of the molecule is CCCCCCOc1ccc([C@@H]2c3c(oc4ccccc4c3=O)C(=O)N2c2nnc(C(C)C)s2)cc1. The number of unbranched alkanes of at least 4 members (excludes halogenated alkanes) is 3. The van der Waals surface area contributed by atoms with Crippen molar-refractivity contribution in [3.8, 4) is 5.75 Å². The largest absolute Gasteiger partial charge is 0.494 e. The van der Waals surface area contributed by atoms with Crippen molar-refractivity contribution in [3.63, 3.8) is 0 Å². The molecular weight excluding hydrogens is 474 g/mol. The lowest BCUT2D eigenvalue weighted by Gasteiger charge is -2.22. The summed E-state index contributed by atoms with van der Waals surface area (Å²) < 4.78 is 11.9. The van der Waals surface area contributed by atoms with Crippen molar-refractivity contribution < 1.29 is 13.9 Å². The summed E-state index contributed by atoms with van der Waals surface area (Å²) in [5, 5.41) is 10.3. The number of ether oxygens (including phenoxy) is 1. The number of fused-ring (bicyclic) bond motifs is 2. The highest BCUT2D eigenvalue weighted by atomic mass is 32.1. The van der Waals surface area contributed by atoms with Gasteiger partial charge < -0.3 is 9.15 Å². The summed E-state index contributed by atoms with van der Waals surface area (Å²) in [6.07, 6.45) is 4.55. The highest BCUT2D eigenvalue weighted by molar-refractivity contribution is 7.15. The number of hydrogen-bond donors (Lipinski definition) is 0. The topological polar surface area (TPSA) is 85.5 Å². The van der Waals surface area contributed by atoms with E-state index in [1.165, 1.54) is 24.2 Å². The van der Waals surface area contributed by atoms with Crippen LogP contribution in [-0.4, -0.2) is 22.7 Å². The van der Waals surface area contributed by atoms with Gasteiger partial charge in [-0.1, -0.05) is 75.6 Å². The summed E-state index contributed by atoms with van der Waals surface area (Å²) in [5.41, 5.74) is 1.29. The minimum Gasteiger partial charge on any atom is -0.494 e. The lowest BCUT2D eigenvalue weighted by atomic mass is 9.98. The summed E-state index contributed by atoms with van der Waals surface area (Å²) >= 11 is 1.36. The van der Waals surface area contributed by atoms with E-state index in [9.17, 15) is 9.59 Å². The molecule has 0 saturated carbocycles. The number of benzene rings is 2. The maximum absolute atomic E-state index is 13.7. The maximum Gasteiger partial charge on any atom is 0.297 e. The smallest absolute Gasteiger partial charge is 0.297 e. The molecule has 8 heteroatoms. The number of aromatic nitrogens is 2. The van der Waals surface area contributed by atoms with E-state index in [4.69, 9.17) is 9.15 Å². The van der Waals surface area contributed by atoms with Gasteiger partial charge in [0.1, 0.15) is 16.3 Å². The summed E-state index contributed by atoms with van der Waals surface area (Å²) in [7, 11) is 0. The van der Waals surface area contributed by atoms with Crippen molar-refractivity contribution in [1.29, 1.82) is 0 Å². The maximum atomic E-state index is 13.7. The number of amides is 1.